The van der Waals surface area contributed by atoms with Crippen LogP contribution in [-0.4, -0.2) is 6.54 Å². The molecule has 90 valence electrons. The molecule has 2 rings (SSSR count). The first-order valence-electron chi connectivity index (χ1n) is 6.63. The first kappa shape index (κ1) is 12.2. The highest BCUT2D eigenvalue weighted by Gasteiger charge is 2.14. The van der Waals surface area contributed by atoms with Crippen molar-refractivity contribution in [3.8, 4) is 12.3 Å². The summed E-state index contributed by atoms with van der Waals surface area (Å²) in [5, 5.41) is 3.54. The van der Waals surface area contributed by atoms with Crippen LogP contribution in [0.3, 0.4) is 0 Å². The summed E-state index contributed by atoms with van der Waals surface area (Å²) in [7, 11) is 0. The second-order valence-corrected chi connectivity index (χ2v) is 4.80. The third-order valence-corrected chi connectivity index (χ3v) is 3.49. The lowest BCUT2D eigenvalue weighted by atomic mass is 9.99. The van der Waals surface area contributed by atoms with Crippen LogP contribution in [-0.2, 0) is 12.8 Å². The number of hydrogen-bond acceptors (Lipinski definition) is 1. The lowest BCUT2D eigenvalue weighted by Gasteiger charge is -2.17. The predicted molar refractivity (Wildman–Crippen MR) is 73.0 cm³/mol. The zero-order valence-electron chi connectivity index (χ0n) is 10.6. The van der Waals surface area contributed by atoms with Crippen molar-refractivity contribution in [3.63, 3.8) is 0 Å². The van der Waals surface area contributed by atoms with E-state index in [1.54, 1.807) is 0 Å². The van der Waals surface area contributed by atoms with Crippen LogP contribution >= 0.6 is 0 Å². The number of terminal acetylenes is 1. The Labute approximate surface area is 105 Å². The van der Waals surface area contributed by atoms with Gasteiger partial charge in [0.2, 0.25) is 0 Å². The summed E-state index contributed by atoms with van der Waals surface area (Å²) in [6, 6.07) is 7.21. The third-order valence-electron chi connectivity index (χ3n) is 3.49. The van der Waals surface area contributed by atoms with Crippen molar-refractivity contribution < 1.29 is 0 Å². The zero-order chi connectivity index (χ0) is 12.1. The van der Waals surface area contributed by atoms with Gasteiger partial charge in [0, 0.05) is 12.5 Å². The topological polar surface area (TPSA) is 12.0 Å². The monoisotopic (exact) mass is 227 g/mol. The van der Waals surface area contributed by atoms with Crippen molar-refractivity contribution in [1.82, 2.24) is 5.32 Å². The van der Waals surface area contributed by atoms with E-state index in [4.69, 9.17) is 6.42 Å². The van der Waals surface area contributed by atoms with Crippen molar-refractivity contribution in [2.24, 2.45) is 0 Å². The van der Waals surface area contributed by atoms with Crippen molar-refractivity contribution in [2.75, 3.05) is 6.54 Å². The Morgan fingerprint density at radius 3 is 2.94 bits per heavy atom. The molecule has 0 spiro atoms. The van der Waals surface area contributed by atoms with E-state index in [2.05, 4.69) is 36.4 Å². The molecule has 0 radical (unpaired) electrons. The van der Waals surface area contributed by atoms with E-state index in [-0.39, 0.29) is 0 Å². The summed E-state index contributed by atoms with van der Waals surface area (Å²) in [5.74, 6) is 2.78. The van der Waals surface area contributed by atoms with Gasteiger partial charge in [-0.25, -0.2) is 0 Å². The van der Waals surface area contributed by atoms with Gasteiger partial charge in [0.1, 0.15) is 0 Å². The fourth-order valence-electron chi connectivity index (χ4n) is 2.55. The van der Waals surface area contributed by atoms with Crippen LogP contribution in [0, 0.1) is 12.3 Å². The molecule has 1 aliphatic carbocycles. The molecule has 1 nitrogen and oxygen atoms in total. The Bertz CT molecular complexity index is 414. The lowest BCUT2D eigenvalue weighted by Crippen LogP contribution is -2.21. The maximum absolute atomic E-state index is 5.46. The SMILES string of the molecule is C#CCC(NCCC)c1ccc2c(c1)CCC2. The number of aryl methyl sites for hydroxylation is 2. The van der Waals surface area contributed by atoms with Crippen molar-refractivity contribution in [1.29, 1.82) is 0 Å². The van der Waals surface area contributed by atoms with E-state index in [1.165, 1.54) is 36.0 Å². The molecule has 0 amide bonds. The van der Waals surface area contributed by atoms with Crippen molar-refractivity contribution in [2.45, 2.75) is 45.1 Å². The molecule has 0 saturated carbocycles. The van der Waals surface area contributed by atoms with Gasteiger partial charge in [0.05, 0.1) is 0 Å². The summed E-state index contributed by atoms with van der Waals surface area (Å²) >= 11 is 0. The standard InChI is InChI=1S/C16H21N/c1-3-6-16(17-11-4-2)15-10-9-13-7-5-8-14(13)12-15/h1,9-10,12,16-17H,4-8,11H2,2H3. The van der Waals surface area contributed by atoms with Crippen LogP contribution in [0.15, 0.2) is 18.2 Å². The highest BCUT2D eigenvalue weighted by atomic mass is 14.9. The predicted octanol–water partition coefficient (Wildman–Crippen LogP) is 3.24. The minimum atomic E-state index is 0.325. The summed E-state index contributed by atoms with van der Waals surface area (Å²) in [5.41, 5.74) is 4.42. The summed E-state index contributed by atoms with van der Waals surface area (Å²) < 4.78 is 0. The van der Waals surface area contributed by atoms with Gasteiger partial charge in [-0.05, 0) is 48.9 Å². The van der Waals surface area contributed by atoms with E-state index in [1.807, 2.05) is 0 Å². The lowest BCUT2D eigenvalue weighted by molar-refractivity contribution is 0.542. The molecule has 1 aliphatic rings. The van der Waals surface area contributed by atoms with Gasteiger partial charge >= 0.3 is 0 Å². The molecule has 0 saturated heterocycles. The van der Waals surface area contributed by atoms with Crippen molar-refractivity contribution in [3.05, 3.63) is 34.9 Å². The maximum atomic E-state index is 5.46. The fraction of sp³-hybridized carbons (Fsp3) is 0.500. The molecule has 0 aliphatic heterocycles. The summed E-state index contributed by atoms with van der Waals surface area (Å²) in [4.78, 5) is 0. The second kappa shape index (κ2) is 5.89. The largest absolute Gasteiger partial charge is 0.309 e. The number of hydrogen-bond donors (Lipinski definition) is 1. The van der Waals surface area contributed by atoms with E-state index in [0.717, 1.165) is 19.4 Å². The zero-order valence-corrected chi connectivity index (χ0v) is 10.6. The van der Waals surface area contributed by atoms with Crippen LogP contribution in [0.1, 0.15) is 48.9 Å². The van der Waals surface area contributed by atoms with Gasteiger partial charge in [-0.1, -0.05) is 25.1 Å². The maximum Gasteiger partial charge on any atom is 0.0430 e. The number of benzene rings is 1. The van der Waals surface area contributed by atoms with E-state index in [9.17, 15) is 0 Å². The molecule has 1 unspecified atom stereocenters. The van der Waals surface area contributed by atoms with Crippen LogP contribution in [0.2, 0.25) is 0 Å². The van der Waals surface area contributed by atoms with Crippen molar-refractivity contribution >= 4 is 0 Å². The number of nitrogens with one attached hydrogen (secondary N) is 1. The average molecular weight is 227 g/mol. The Morgan fingerprint density at radius 1 is 1.35 bits per heavy atom. The van der Waals surface area contributed by atoms with Gasteiger partial charge in [-0.15, -0.1) is 12.3 Å². The third kappa shape index (κ3) is 2.90. The summed E-state index contributed by atoms with van der Waals surface area (Å²) in [6.45, 7) is 3.21. The molecular formula is C16H21N. The first-order valence-corrected chi connectivity index (χ1v) is 6.63. The van der Waals surface area contributed by atoms with Crippen LogP contribution in [0.25, 0.3) is 0 Å². The van der Waals surface area contributed by atoms with Gasteiger partial charge in [0.25, 0.3) is 0 Å². The average Bonchev–Trinajstić information content (AvgIpc) is 2.81. The fourth-order valence-corrected chi connectivity index (χ4v) is 2.55. The summed E-state index contributed by atoms with van der Waals surface area (Å²) in [6.07, 6.45) is 11.2. The molecule has 1 N–H and O–H groups in total. The normalized spacial score (nSPS) is 15.3. The molecule has 1 aromatic rings. The molecule has 1 atom stereocenters. The van der Waals surface area contributed by atoms with Crippen LogP contribution < -0.4 is 5.32 Å². The minimum absolute atomic E-state index is 0.325. The minimum Gasteiger partial charge on any atom is -0.309 e. The van der Waals surface area contributed by atoms with Gasteiger partial charge in [-0.2, -0.15) is 0 Å². The van der Waals surface area contributed by atoms with E-state index >= 15 is 0 Å². The van der Waals surface area contributed by atoms with Gasteiger partial charge in [-0.3, -0.25) is 0 Å². The smallest absolute Gasteiger partial charge is 0.0430 e. The second-order valence-electron chi connectivity index (χ2n) is 4.80. The van der Waals surface area contributed by atoms with Crippen LogP contribution in [0.4, 0.5) is 0 Å². The Balaban J connectivity index is 2.15. The molecule has 0 heterocycles. The van der Waals surface area contributed by atoms with Crippen LogP contribution in [0.5, 0.6) is 0 Å². The number of fused-ring (bicyclic) bond motifs is 1. The van der Waals surface area contributed by atoms with Gasteiger partial charge < -0.3 is 5.32 Å². The quantitative estimate of drug-likeness (QED) is 0.761. The molecular weight excluding hydrogens is 206 g/mol. The molecule has 0 fully saturated rings. The molecule has 1 heteroatoms. The molecule has 0 aromatic heterocycles. The highest BCUT2D eigenvalue weighted by molar-refractivity contribution is 5.36. The molecule has 0 bridgehead atoms. The highest BCUT2D eigenvalue weighted by Crippen LogP contribution is 2.26. The Kier molecular flexibility index (Phi) is 4.23. The molecule has 1 aromatic carbocycles. The van der Waals surface area contributed by atoms with Gasteiger partial charge in [0.15, 0.2) is 0 Å². The van der Waals surface area contributed by atoms with E-state index < -0.39 is 0 Å². The number of rotatable bonds is 5. The molecule has 17 heavy (non-hydrogen) atoms. The first-order chi connectivity index (χ1) is 8.35. The van der Waals surface area contributed by atoms with E-state index in [0.29, 0.717) is 6.04 Å². The Hall–Kier alpha value is -1.26. The Morgan fingerprint density at radius 2 is 2.18 bits per heavy atom.